The van der Waals surface area contributed by atoms with Crippen molar-refractivity contribution in [2.45, 2.75) is 51.1 Å². The van der Waals surface area contributed by atoms with E-state index in [2.05, 4.69) is 5.32 Å². The van der Waals surface area contributed by atoms with E-state index < -0.39 is 6.04 Å². The maximum absolute atomic E-state index is 12.3. The molecule has 0 radical (unpaired) electrons. The lowest BCUT2D eigenvalue weighted by Crippen LogP contribution is -2.44. The molecule has 5 heteroatoms. The molecule has 126 valence electrons. The van der Waals surface area contributed by atoms with Gasteiger partial charge in [0.15, 0.2) is 0 Å². The zero-order valence-corrected chi connectivity index (χ0v) is 13.7. The summed E-state index contributed by atoms with van der Waals surface area (Å²) in [6.07, 6.45) is 3.85. The van der Waals surface area contributed by atoms with Crippen molar-refractivity contribution in [3.8, 4) is 0 Å². The molecule has 1 fully saturated rings. The molecule has 0 bridgehead atoms. The zero-order valence-electron chi connectivity index (χ0n) is 13.7. The molecular weight excluding hydrogens is 292 g/mol. The lowest BCUT2D eigenvalue weighted by molar-refractivity contribution is -0.147. The van der Waals surface area contributed by atoms with Crippen molar-refractivity contribution in [1.82, 2.24) is 5.32 Å². The molecule has 1 aliphatic rings. The summed E-state index contributed by atoms with van der Waals surface area (Å²) in [6.45, 7) is 2.06. The largest absolute Gasteiger partial charge is 0.464 e. The summed E-state index contributed by atoms with van der Waals surface area (Å²) in [4.78, 5) is 24.4. The van der Waals surface area contributed by atoms with Gasteiger partial charge in [-0.3, -0.25) is 4.79 Å². The number of nitrogens with two attached hydrogens (primary N) is 1. The second-order valence-corrected chi connectivity index (χ2v) is 6.12. The first-order chi connectivity index (χ1) is 11.1. The molecule has 0 spiro atoms. The van der Waals surface area contributed by atoms with Gasteiger partial charge in [-0.1, -0.05) is 36.8 Å². The highest BCUT2D eigenvalue weighted by Gasteiger charge is 2.28. The third kappa shape index (κ3) is 5.36. The summed E-state index contributed by atoms with van der Waals surface area (Å²) >= 11 is 0. The monoisotopic (exact) mass is 318 g/mol. The van der Waals surface area contributed by atoms with Crippen LogP contribution >= 0.6 is 0 Å². The fourth-order valence-electron chi connectivity index (χ4n) is 3.10. The first kappa shape index (κ1) is 17.5. The third-order valence-electron chi connectivity index (χ3n) is 4.35. The Hall–Kier alpha value is -1.88. The standard InChI is InChI=1S/C18H26N2O3/c1-2-23-18(22)16(11-13-7-4-3-5-8-13)20-17(21)12-14-9-6-10-15(14)19/h3-5,7-8,14-16H,2,6,9-12,19H2,1H3,(H,20,21)/t14-,15+,16?/m0/s1. The van der Waals surface area contributed by atoms with Crippen LogP contribution in [0.1, 0.15) is 38.2 Å². The van der Waals surface area contributed by atoms with E-state index in [1.165, 1.54) is 0 Å². The molecule has 3 N–H and O–H groups in total. The molecule has 23 heavy (non-hydrogen) atoms. The highest BCUT2D eigenvalue weighted by Crippen LogP contribution is 2.26. The van der Waals surface area contributed by atoms with Crippen molar-refractivity contribution >= 4 is 11.9 Å². The highest BCUT2D eigenvalue weighted by molar-refractivity contribution is 5.84. The number of hydrogen-bond donors (Lipinski definition) is 2. The molecule has 0 saturated heterocycles. The fraction of sp³-hybridized carbons (Fsp3) is 0.556. The molecule has 0 heterocycles. The van der Waals surface area contributed by atoms with Gasteiger partial charge in [0, 0.05) is 18.9 Å². The van der Waals surface area contributed by atoms with Crippen molar-refractivity contribution in [1.29, 1.82) is 0 Å². The predicted octanol–water partition coefficient (Wildman–Crippen LogP) is 1.79. The van der Waals surface area contributed by atoms with Gasteiger partial charge in [0.25, 0.3) is 0 Å². The van der Waals surface area contributed by atoms with Crippen LogP contribution in [0.25, 0.3) is 0 Å². The normalized spacial score (nSPS) is 21.7. The minimum Gasteiger partial charge on any atom is -0.464 e. The summed E-state index contributed by atoms with van der Waals surface area (Å²) in [7, 11) is 0. The van der Waals surface area contributed by atoms with Crippen LogP contribution in [0.4, 0.5) is 0 Å². The lowest BCUT2D eigenvalue weighted by atomic mass is 9.99. The maximum Gasteiger partial charge on any atom is 0.328 e. The van der Waals surface area contributed by atoms with Gasteiger partial charge in [-0.2, -0.15) is 0 Å². The van der Waals surface area contributed by atoms with Crippen LogP contribution < -0.4 is 11.1 Å². The molecule has 5 nitrogen and oxygen atoms in total. The molecule has 1 amide bonds. The predicted molar refractivity (Wildman–Crippen MR) is 88.6 cm³/mol. The van der Waals surface area contributed by atoms with Crippen LogP contribution in [0, 0.1) is 5.92 Å². The molecule has 3 atom stereocenters. The first-order valence-electron chi connectivity index (χ1n) is 8.35. The van der Waals surface area contributed by atoms with E-state index >= 15 is 0 Å². The van der Waals surface area contributed by atoms with Gasteiger partial charge >= 0.3 is 5.97 Å². The Balaban J connectivity index is 1.96. The second-order valence-electron chi connectivity index (χ2n) is 6.12. The van der Waals surface area contributed by atoms with Crippen molar-refractivity contribution < 1.29 is 14.3 Å². The molecular formula is C18H26N2O3. The van der Waals surface area contributed by atoms with Gasteiger partial charge in [0.05, 0.1) is 6.61 Å². The van der Waals surface area contributed by atoms with E-state index in [0.717, 1.165) is 24.8 Å². The van der Waals surface area contributed by atoms with E-state index in [9.17, 15) is 9.59 Å². The van der Waals surface area contributed by atoms with Crippen molar-refractivity contribution in [2.24, 2.45) is 11.7 Å². The smallest absolute Gasteiger partial charge is 0.328 e. The molecule has 0 aromatic heterocycles. The Labute approximate surface area is 137 Å². The average Bonchev–Trinajstić information content (AvgIpc) is 2.93. The van der Waals surface area contributed by atoms with E-state index in [4.69, 9.17) is 10.5 Å². The Morgan fingerprint density at radius 1 is 1.30 bits per heavy atom. The van der Waals surface area contributed by atoms with Crippen LogP contribution in [0.2, 0.25) is 0 Å². The summed E-state index contributed by atoms with van der Waals surface area (Å²) in [5, 5.41) is 2.83. The number of esters is 1. The number of benzene rings is 1. The quantitative estimate of drug-likeness (QED) is 0.751. The number of rotatable bonds is 7. The number of carbonyl (C=O) groups excluding carboxylic acids is 2. The minimum atomic E-state index is -0.650. The van der Waals surface area contributed by atoms with Gasteiger partial charge in [0.1, 0.15) is 6.04 Å². The zero-order chi connectivity index (χ0) is 16.7. The first-order valence-corrected chi connectivity index (χ1v) is 8.35. The maximum atomic E-state index is 12.3. The Morgan fingerprint density at radius 3 is 2.65 bits per heavy atom. The van der Waals surface area contributed by atoms with Crippen LogP contribution in [-0.2, 0) is 20.7 Å². The second kappa shape index (κ2) is 8.67. The van der Waals surface area contributed by atoms with E-state index in [0.29, 0.717) is 19.4 Å². The molecule has 0 aliphatic heterocycles. The minimum absolute atomic E-state index is 0.0934. The number of hydrogen-bond acceptors (Lipinski definition) is 4. The van der Waals surface area contributed by atoms with Gasteiger partial charge in [-0.05, 0) is 31.2 Å². The molecule has 1 aromatic rings. The Kier molecular flexibility index (Phi) is 6.59. The SMILES string of the molecule is CCOC(=O)C(Cc1ccccc1)NC(=O)C[C@@H]1CCC[C@H]1N. The molecule has 1 saturated carbocycles. The average molecular weight is 318 g/mol. The number of ether oxygens (including phenoxy) is 1. The molecule has 1 unspecified atom stereocenters. The van der Waals surface area contributed by atoms with Crippen molar-refractivity contribution in [3.63, 3.8) is 0 Å². The summed E-state index contributed by atoms with van der Waals surface area (Å²) in [5.74, 6) is -0.295. The van der Waals surface area contributed by atoms with Gasteiger partial charge in [0.2, 0.25) is 5.91 Å². The van der Waals surface area contributed by atoms with Crippen LogP contribution in [0.3, 0.4) is 0 Å². The van der Waals surface area contributed by atoms with E-state index in [-0.39, 0.29) is 23.8 Å². The van der Waals surface area contributed by atoms with Crippen molar-refractivity contribution in [3.05, 3.63) is 35.9 Å². The summed E-state index contributed by atoms with van der Waals surface area (Å²) in [6, 6.07) is 9.06. The Bertz CT molecular complexity index is 518. The molecule has 1 aromatic carbocycles. The van der Waals surface area contributed by atoms with Gasteiger partial charge < -0.3 is 15.8 Å². The van der Waals surface area contributed by atoms with Gasteiger partial charge in [-0.15, -0.1) is 0 Å². The molecule has 2 rings (SSSR count). The highest BCUT2D eigenvalue weighted by atomic mass is 16.5. The van der Waals surface area contributed by atoms with Gasteiger partial charge in [-0.25, -0.2) is 4.79 Å². The molecule has 1 aliphatic carbocycles. The lowest BCUT2D eigenvalue weighted by Gasteiger charge is -2.20. The summed E-state index contributed by atoms with van der Waals surface area (Å²) < 4.78 is 5.09. The van der Waals surface area contributed by atoms with Crippen LogP contribution in [-0.4, -0.2) is 30.6 Å². The number of carbonyl (C=O) groups is 2. The Morgan fingerprint density at radius 2 is 2.04 bits per heavy atom. The van der Waals surface area contributed by atoms with Crippen LogP contribution in [0.5, 0.6) is 0 Å². The topological polar surface area (TPSA) is 81.4 Å². The van der Waals surface area contributed by atoms with Crippen LogP contribution in [0.15, 0.2) is 30.3 Å². The fourth-order valence-corrected chi connectivity index (χ4v) is 3.10. The number of amides is 1. The summed E-state index contributed by atoms with van der Waals surface area (Å²) in [5.41, 5.74) is 7.01. The number of nitrogens with one attached hydrogen (secondary N) is 1. The third-order valence-corrected chi connectivity index (χ3v) is 4.35. The van der Waals surface area contributed by atoms with Crippen molar-refractivity contribution in [2.75, 3.05) is 6.61 Å². The van der Waals surface area contributed by atoms with E-state index in [1.807, 2.05) is 30.3 Å². The van der Waals surface area contributed by atoms with E-state index in [1.54, 1.807) is 6.92 Å².